The molecule has 44 heavy (non-hydrogen) atoms. The highest BCUT2D eigenvalue weighted by atomic mass is 16.6. The van der Waals surface area contributed by atoms with Gasteiger partial charge in [0.2, 0.25) is 11.6 Å². The van der Waals surface area contributed by atoms with Gasteiger partial charge in [-0.1, -0.05) is 6.07 Å². The fourth-order valence-electron chi connectivity index (χ4n) is 4.26. The number of hydrogen-bond acceptors (Lipinski definition) is 10. The van der Waals surface area contributed by atoms with Crippen LogP contribution in [-0.2, 0) is 6.61 Å². The molecular weight excluding hydrogens is 572 g/mol. The van der Waals surface area contributed by atoms with Crippen molar-refractivity contribution in [1.29, 1.82) is 0 Å². The van der Waals surface area contributed by atoms with Gasteiger partial charge in [0, 0.05) is 40.8 Å². The maximum atomic E-state index is 12.6. The summed E-state index contributed by atoms with van der Waals surface area (Å²) >= 11 is 0. The Kier molecular flexibility index (Phi) is 8.42. The molecule has 0 atom stereocenters. The van der Waals surface area contributed by atoms with Crippen LogP contribution in [-0.4, -0.2) is 31.5 Å². The highest BCUT2D eigenvalue weighted by Gasteiger charge is 2.20. The maximum absolute atomic E-state index is 12.6. The van der Waals surface area contributed by atoms with Crippen molar-refractivity contribution >= 4 is 23.5 Å². The van der Waals surface area contributed by atoms with Gasteiger partial charge in [-0.25, -0.2) is 10.4 Å². The van der Waals surface area contributed by atoms with Crippen LogP contribution in [0.2, 0.25) is 0 Å². The van der Waals surface area contributed by atoms with Crippen LogP contribution in [0.5, 0.6) is 17.4 Å². The Morgan fingerprint density at radius 1 is 0.977 bits per heavy atom. The molecule has 0 saturated carbocycles. The van der Waals surface area contributed by atoms with E-state index < -0.39 is 21.4 Å². The number of carbonyl (C=O) groups is 1. The van der Waals surface area contributed by atoms with Crippen molar-refractivity contribution < 1.29 is 28.5 Å². The monoisotopic (exact) mass is 596 g/mol. The Bertz CT molecular complexity index is 1840. The number of ether oxygens (including phenoxy) is 2. The summed E-state index contributed by atoms with van der Waals surface area (Å²) in [7, 11) is 0. The normalized spacial score (nSPS) is 11.0. The molecule has 1 N–H and O–H groups in total. The molecule has 0 aliphatic heterocycles. The first-order chi connectivity index (χ1) is 21.2. The highest BCUT2D eigenvalue weighted by molar-refractivity contribution is 5.93. The standard InChI is InChI=1S/C30H24N6O8/c1-19-6-7-20(2)34(19)22-8-11-24(12-9-22)42-18-25-13-14-27(43-25)30(37)33-32-16-21-4-3-5-26(36(40)41)29(21)44-28-15-10-23(17-31-28)35(38)39/h3-17H,18H2,1-2H3,(H,33,37)/b32-16+. The SMILES string of the molecule is Cc1ccc(C)n1-c1ccc(OCc2ccc(C(=O)N/N=C/c3cccc([N+](=O)[O-])c3Oc3ccc([N+](=O)[O-])cn3)o2)cc1. The van der Waals surface area contributed by atoms with E-state index in [1.54, 1.807) is 6.07 Å². The molecule has 0 radical (unpaired) electrons. The molecule has 0 unspecified atom stereocenters. The molecule has 5 rings (SSSR count). The molecule has 0 aliphatic rings. The number of aryl methyl sites for hydroxylation is 2. The lowest BCUT2D eigenvalue weighted by atomic mass is 10.2. The number of nitrogens with one attached hydrogen (secondary N) is 1. The molecule has 3 heterocycles. The number of amides is 1. The van der Waals surface area contributed by atoms with Gasteiger partial charge in [0.1, 0.15) is 24.3 Å². The molecule has 0 fully saturated rings. The second kappa shape index (κ2) is 12.7. The predicted molar refractivity (Wildman–Crippen MR) is 157 cm³/mol. The van der Waals surface area contributed by atoms with Crippen LogP contribution in [0.15, 0.2) is 94.6 Å². The average Bonchev–Trinajstić information content (AvgIpc) is 3.63. The Morgan fingerprint density at radius 3 is 2.39 bits per heavy atom. The first kappa shape index (κ1) is 29.2. The Labute approximate surface area is 249 Å². The number of benzene rings is 2. The lowest BCUT2D eigenvalue weighted by Gasteiger charge is -2.10. The fraction of sp³-hybridized carbons (Fsp3) is 0.100. The van der Waals surface area contributed by atoms with Crippen LogP contribution >= 0.6 is 0 Å². The maximum Gasteiger partial charge on any atom is 0.312 e. The van der Waals surface area contributed by atoms with E-state index in [2.05, 4.69) is 32.2 Å². The zero-order chi connectivity index (χ0) is 31.2. The second-order valence-electron chi connectivity index (χ2n) is 9.37. The van der Waals surface area contributed by atoms with Crippen LogP contribution < -0.4 is 14.9 Å². The molecule has 1 amide bonds. The van der Waals surface area contributed by atoms with Crippen molar-refractivity contribution in [1.82, 2.24) is 15.0 Å². The summed E-state index contributed by atoms with van der Waals surface area (Å²) in [5, 5.41) is 26.3. The minimum Gasteiger partial charge on any atom is -0.486 e. The number of nitro groups is 2. The zero-order valence-corrected chi connectivity index (χ0v) is 23.4. The van der Waals surface area contributed by atoms with Gasteiger partial charge in [0.15, 0.2) is 5.76 Å². The van der Waals surface area contributed by atoms with E-state index in [9.17, 15) is 25.0 Å². The lowest BCUT2D eigenvalue weighted by molar-refractivity contribution is -0.385. The average molecular weight is 597 g/mol. The van der Waals surface area contributed by atoms with E-state index in [1.165, 1.54) is 30.3 Å². The van der Waals surface area contributed by atoms with E-state index in [4.69, 9.17) is 13.9 Å². The summed E-state index contributed by atoms with van der Waals surface area (Å²) in [5.74, 6) is 0.00351. The van der Waals surface area contributed by atoms with Crippen molar-refractivity contribution in [3.63, 3.8) is 0 Å². The molecule has 0 spiro atoms. The van der Waals surface area contributed by atoms with Gasteiger partial charge in [0.05, 0.1) is 16.1 Å². The topological polar surface area (TPSA) is 177 Å². The summed E-state index contributed by atoms with van der Waals surface area (Å²) in [6, 6.07) is 21.2. The van der Waals surface area contributed by atoms with E-state index in [0.29, 0.717) is 11.5 Å². The van der Waals surface area contributed by atoms with Gasteiger partial charge in [0.25, 0.3) is 5.69 Å². The summed E-state index contributed by atoms with van der Waals surface area (Å²) in [6.07, 6.45) is 2.11. The van der Waals surface area contributed by atoms with Crippen molar-refractivity contribution in [2.24, 2.45) is 5.10 Å². The number of hydrogen-bond donors (Lipinski definition) is 1. The van der Waals surface area contributed by atoms with Gasteiger partial charge in [-0.2, -0.15) is 5.10 Å². The van der Waals surface area contributed by atoms with Crippen molar-refractivity contribution in [2.45, 2.75) is 20.5 Å². The summed E-state index contributed by atoms with van der Waals surface area (Å²) in [6.45, 7) is 4.16. The fourth-order valence-corrected chi connectivity index (χ4v) is 4.26. The Balaban J connectivity index is 1.21. The van der Waals surface area contributed by atoms with Gasteiger partial charge in [-0.05, 0) is 68.4 Å². The zero-order valence-electron chi connectivity index (χ0n) is 23.4. The van der Waals surface area contributed by atoms with Gasteiger partial charge in [-0.3, -0.25) is 25.0 Å². The van der Waals surface area contributed by atoms with E-state index in [-0.39, 0.29) is 35.2 Å². The highest BCUT2D eigenvalue weighted by Crippen LogP contribution is 2.33. The first-order valence-corrected chi connectivity index (χ1v) is 13.1. The molecule has 0 bridgehead atoms. The molecule has 5 aromatic rings. The van der Waals surface area contributed by atoms with Crippen LogP contribution in [0.1, 0.15) is 33.3 Å². The number of rotatable bonds is 11. The van der Waals surface area contributed by atoms with Gasteiger partial charge in [-0.15, -0.1) is 0 Å². The molecule has 14 heteroatoms. The summed E-state index contributed by atoms with van der Waals surface area (Å²) in [4.78, 5) is 37.6. The number of nitro benzene ring substituents is 1. The molecule has 0 aliphatic carbocycles. The third kappa shape index (κ3) is 6.60. The summed E-state index contributed by atoms with van der Waals surface area (Å²) < 4.78 is 19.1. The molecule has 2 aromatic carbocycles. The smallest absolute Gasteiger partial charge is 0.312 e. The summed E-state index contributed by atoms with van der Waals surface area (Å²) in [5.41, 5.74) is 5.03. The number of carbonyl (C=O) groups excluding carboxylic acids is 1. The molecular formula is C30H24N6O8. The number of nitrogens with zero attached hydrogens (tertiary/aromatic N) is 5. The number of pyridine rings is 1. The largest absolute Gasteiger partial charge is 0.486 e. The third-order valence-corrected chi connectivity index (χ3v) is 6.36. The predicted octanol–water partition coefficient (Wildman–Crippen LogP) is 6.03. The lowest BCUT2D eigenvalue weighted by Crippen LogP contribution is -2.17. The second-order valence-corrected chi connectivity index (χ2v) is 9.37. The Hall–Kier alpha value is -6.31. The Morgan fingerprint density at radius 2 is 1.73 bits per heavy atom. The van der Waals surface area contributed by atoms with Crippen LogP contribution in [0.25, 0.3) is 5.69 Å². The van der Waals surface area contributed by atoms with Crippen molar-refractivity contribution in [3.8, 4) is 23.1 Å². The minimum atomic E-state index is -0.667. The number of hydrazone groups is 1. The number of aromatic nitrogens is 2. The van der Waals surface area contributed by atoms with Gasteiger partial charge < -0.3 is 18.5 Å². The number of furan rings is 1. The van der Waals surface area contributed by atoms with E-state index >= 15 is 0 Å². The third-order valence-electron chi connectivity index (χ3n) is 6.36. The minimum absolute atomic E-state index is 0.0275. The van der Waals surface area contributed by atoms with Crippen LogP contribution in [0, 0.1) is 34.1 Å². The quantitative estimate of drug-likeness (QED) is 0.108. The number of para-hydroxylation sites is 1. The van der Waals surface area contributed by atoms with E-state index in [0.717, 1.165) is 35.6 Å². The molecule has 14 nitrogen and oxygen atoms in total. The van der Waals surface area contributed by atoms with Gasteiger partial charge >= 0.3 is 11.6 Å². The van der Waals surface area contributed by atoms with Crippen molar-refractivity contribution in [3.05, 3.63) is 134 Å². The molecule has 0 saturated heterocycles. The molecule has 222 valence electrons. The van der Waals surface area contributed by atoms with Crippen LogP contribution in [0.3, 0.4) is 0 Å². The van der Waals surface area contributed by atoms with Crippen LogP contribution in [0.4, 0.5) is 11.4 Å². The first-order valence-electron chi connectivity index (χ1n) is 13.1. The van der Waals surface area contributed by atoms with E-state index in [1.807, 2.05) is 38.1 Å². The molecule has 3 aromatic heterocycles. The van der Waals surface area contributed by atoms with Crippen molar-refractivity contribution in [2.75, 3.05) is 0 Å².